The van der Waals surface area contributed by atoms with Crippen LogP contribution in [0.15, 0.2) is 108 Å². The molecule has 0 fully saturated rings. The molecular weight excluding hydrogens is 674 g/mol. The smallest absolute Gasteiger partial charge is 0.354 e. The molecule has 0 heterocycles. The maximum absolute atomic E-state index is 14.4. The Kier molecular flexibility index (Phi) is 11.9. The maximum Gasteiger partial charge on any atom is 0.416 e. The summed E-state index contributed by atoms with van der Waals surface area (Å²) in [4.78, 5) is 29.1. The van der Waals surface area contributed by atoms with Crippen LogP contribution in [-0.4, -0.2) is 44.3 Å². The molecule has 13 heteroatoms. The quantitative estimate of drug-likeness (QED) is 0.157. The van der Waals surface area contributed by atoms with Crippen LogP contribution in [0.3, 0.4) is 0 Å². The molecule has 248 valence electrons. The zero-order chi connectivity index (χ0) is 34.2. The molecule has 1 N–H and O–H groups in total. The third-order valence-electron chi connectivity index (χ3n) is 7.25. The fourth-order valence-corrected chi connectivity index (χ4v) is 6.73. The molecule has 47 heavy (non-hydrogen) atoms. The number of hydrogen-bond acceptors (Lipinski definition) is 4. The summed E-state index contributed by atoms with van der Waals surface area (Å²) in [7, 11) is -4.58. The summed E-state index contributed by atoms with van der Waals surface area (Å²) in [5, 5.41) is 3.36. The lowest BCUT2D eigenvalue weighted by atomic mass is 10.0. The Morgan fingerprint density at radius 2 is 1.53 bits per heavy atom. The van der Waals surface area contributed by atoms with Gasteiger partial charge in [-0.25, -0.2) is 8.42 Å². The van der Waals surface area contributed by atoms with E-state index in [1.165, 1.54) is 41.3 Å². The minimum absolute atomic E-state index is 0.0579. The number of halogens is 5. The van der Waals surface area contributed by atoms with Crippen LogP contribution in [0.2, 0.25) is 10.0 Å². The van der Waals surface area contributed by atoms with Crippen molar-refractivity contribution in [3.8, 4) is 0 Å². The molecule has 4 aromatic rings. The monoisotopic (exact) mass is 705 g/mol. The first-order chi connectivity index (χ1) is 22.3. The van der Waals surface area contributed by atoms with Gasteiger partial charge in [0, 0.05) is 29.6 Å². The molecule has 0 saturated heterocycles. The molecule has 7 nitrogen and oxygen atoms in total. The van der Waals surface area contributed by atoms with E-state index >= 15 is 0 Å². The van der Waals surface area contributed by atoms with E-state index in [9.17, 15) is 31.2 Å². The van der Waals surface area contributed by atoms with Crippen molar-refractivity contribution in [2.75, 3.05) is 17.4 Å². The normalized spacial score (nSPS) is 12.3. The number of alkyl halides is 3. The number of benzene rings is 4. The predicted octanol–water partition coefficient (Wildman–Crippen LogP) is 7.37. The van der Waals surface area contributed by atoms with Crippen molar-refractivity contribution < 1.29 is 31.2 Å². The number of amides is 2. The lowest BCUT2D eigenvalue weighted by Crippen LogP contribution is -2.53. The van der Waals surface area contributed by atoms with E-state index < -0.39 is 46.2 Å². The number of nitrogens with zero attached hydrogens (tertiary/aromatic N) is 2. The van der Waals surface area contributed by atoms with Crippen molar-refractivity contribution in [1.29, 1.82) is 0 Å². The number of sulfonamides is 1. The number of anilines is 1. The third-order valence-corrected chi connectivity index (χ3v) is 9.62. The van der Waals surface area contributed by atoms with Gasteiger partial charge in [-0.15, -0.1) is 0 Å². The topological polar surface area (TPSA) is 86.8 Å². The molecule has 0 aliphatic carbocycles. The van der Waals surface area contributed by atoms with Crippen LogP contribution in [0.25, 0.3) is 0 Å². The van der Waals surface area contributed by atoms with Gasteiger partial charge in [0.05, 0.1) is 16.1 Å². The number of rotatable bonds is 13. The average molecular weight is 707 g/mol. The van der Waals surface area contributed by atoms with E-state index in [1.807, 2.05) is 6.92 Å². The molecule has 1 atom stereocenters. The summed E-state index contributed by atoms with van der Waals surface area (Å²) in [6, 6.07) is 23.2. The van der Waals surface area contributed by atoms with Gasteiger partial charge < -0.3 is 10.2 Å². The van der Waals surface area contributed by atoms with E-state index in [2.05, 4.69) is 5.32 Å². The zero-order valence-electron chi connectivity index (χ0n) is 25.3. The lowest BCUT2D eigenvalue weighted by molar-refractivity contribution is -0.140. The van der Waals surface area contributed by atoms with Crippen LogP contribution in [0, 0.1) is 0 Å². The molecule has 0 radical (unpaired) electrons. The van der Waals surface area contributed by atoms with E-state index in [1.54, 1.807) is 48.5 Å². The second-order valence-corrected chi connectivity index (χ2v) is 13.3. The molecule has 0 aromatic heterocycles. The Labute approximate surface area is 282 Å². The molecule has 0 aliphatic heterocycles. The molecule has 4 rings (SSSR count). The number of carbonyl (C=O) groups is 2. The van der Waals surface area contributed by atoms with Gasteiger partial charge in [-0.3, -0.25) is 13.9 Å². The Balaban J connectivity index is 1.85. The molecule has 0 spiro atoms. The number of nitrogens with one attached hydrogen (secondary N) is 1. The van der Waals surface area contributed by atoms with Gasteiger partial charge in [0.1, 0.15) is 12.6 Å². The van der Waals surface area contributed by atoms with Crippen LogP contribution in [0.4, 0.5) is 18.9 Å². The standard InChI is InChI=1S/C34H32Cl2F3N3O4S/c1-2-18-40-33(44)31(19-24-10-5-3-6-11-24)41(22-25-16-17-27(35)21-30(25)36)32(43)23-42(47(45,46)29-14-7-4-8-15-29)28-13-9-12-26(20-28)34(37,38)39/h3-17,20-21,31H,2,18-19,22-23H2,1H3,(H,40,44)/t31-/m0/s1. The van der Waals surface area contributed by atoms with Crippen LogP contribution in [0.5, 0.6) is 0 Å². The van der Waals surface area contributed by atoms with Crippen molar-refractivity contribution >= 4 is 50.7 Å². The summed E-state index contributed by atoms with van der Waals surface area (Å²) in [6.07, 6.45) is -4.11. The van der Waals surface area contributed by atoms with Crippen LogP contribution >= 0.6 is 23.2 Å². The average Bonchev–Trinajstić information content (AvgIpc) is 3.05. The first-order valence-electron chi connectivity index (χ1n) is 14.6. The van der Waals surface area contributed by atoms with Gasteiger partial charge in [0.15, 0.2) is 0 Å². The third kappa shape index (κ3) is 9.27. The second-order valence-electron chi connectivity index (χ2n) is 10.6. The Morgan fingerprint density at radius 1 is 0.872 bits per heavy atom. The largest absolute Gasteiger partial charge is 0.416 e. The minimum atomic E-state index is -4.78. The van der Waals surface area contributed by atoms with Gasteiger partial charge in [-0.2, -0.15) is 13.2 Å². The number of hydrogen-bond donors (Lipinski definition) is 1. The van der Waals surface area contributed by atoms with E-state index in [4.69, 9.17) is 23.2 Å². The molecule has 0 unspecified atom stereocenters. The summed E-state index contributed by atoms with van der Waals surface area (Å²) in [6.45, 7) is 1.03. The highest BCUT2D eigenvalue weighted by Crippen LogP contribution is 2.33. The highest BCUT2D eigenvalue weighted by Gasteiger charge is 2.36. The first kappa shape index (κ1) is 35.8. The van der Waals surface area contributed by atoms with Crippen molar-refractivity contribution in [1.82, 2.24) is 10.2 Å². The first-order valence-corrected chi connectivity index (χ1v) is 16.8. The summed E-state index contributed by atoms with van der Waals surface area (Å²) < 4.78 is 69.9. The SMILES string of the molecule is CCCNC(=O)[C@H](Cc1ccccc1)N(Cc1ccc(Cl)cc1Cl)C(=O)CN(c1cccc(C(F)(F)F)c1)S(=O)(=O)c1ccccc1. The fourth-order valence-electron chi connectivity index (χ4n) is 4.84. The highest BCUT2D eigenvalue weighted by atomic mass is 35.5. The molecule has 0 aliphatic rings. The highest BCUT2D eigenvalue weighted by molar-refractivity contribution is 7.92. The van der Waals surface area contributed by atoms with Gasteiger partial charge in [-0.05, 0) is 60.0 Å². The summed E-state index contributed by atoms with van der Waals surface area (Å²) in [5.74, 6) is -1.34. The van der Waals surface area contributed by atoms with Crippen molar-refractivity contribution in [2.45, 2.75) is 43.4 Å². The minimum Gasteiger partial charge on any atom is -0.354 e. The Hall–Kier alpha value is -4.06. The van der Waals surface area contributed by atoms with Crippen LogP contribution in [-0.2, 0) is 38.8 Å². The molecule has 0 saturated carbocycles. The maximum atomic E-state index is 14.4. The zero-order valence-corrected chi connectivity index (χ0v) is 27.6. The predicted molar refractivity (Wildman–Crippen MR) is 177 cm³/mol. The van der Waals surface area contributed by atoms with Crippen molar-refractivity contribution in [3.05, 3.63) is 130 Å². The summed E-state index contributed by atoms with van der Waals surface area (Å²) >= 11 is 12.6. The van der Waals surface area contributed by atoms with Crippen LogP contribution in [0.1, 0.15) is 30.0 Å². The number of carbonyl (C=O) groups excluding carboxylic acids is 2. The van der Waals surface area contributed by atoms with E-state index in [0.29, 0.717) is 33.9 Å². The van der Waals surface area contributed by atoms with E-state index in [0.717, 1.165) is 17.7 Å². The lowest BCUT2D eigenvalue weighted by Gasteiger charge is -2.34. The van der Waals surface area contributed by atoms with Gasteiger partial charge in [0.2, 0.25) is 11.8 Å². The fraction of sp³-hybridized carbons (Fsp3) is 0.235. The second kappa shape index (κ2) is 15.7. The van der Waals surface area contributed by atoms with Gasteiger partial charge in [0.25, 0.3) is 10.0 Å². The van der Waals surface area contributed by atoms with E-state index in [-0.39, 0.29) is 28.6 Å². The van der Waals surface area contributed by atoms with Crippen molar-refractivity contribution in [2.24, 2.45) is 0 Å². The van der Waals surface area contributed by atoms with Crippen molar-refractivity contribution in [3.63, 3.8) is 0 Å². The van der Waals surface area contributed by atoms with Gasteiger partial charge in [-0.1, -0.05) is 90.8 Å². The molecule has 4 aromatic carbocycles. The van der Waals surface area contributed by atoms with Crippen LogP contribution < -0.4 is 9.62 Å². The Morgan fingerprint density at radius 3 is 2.15 bits per heavy atom. The summed E-state index contributed by atoms with van der Waals surface area (Å²) in [5.41, 5.74) is -0.337. The Bertz CT molecular complexity index is 1790. The molecule has 2 amide bonds. The molecule has 0 bridgehead atoms. The molecular formula is C34H32Cl2F3N3O4S. The van der Waals surface area contributed by atoms with Gasteiger partial charge >= 0.3 is 6.18 Å².